The highest BCUT2D eigenvalue weighted by molar-refractivity contribution is 9.10. The molecule has 1 aliphatic heterocycles. The highest BCUT2D eigenvalue weighted by atomic mass is 79.9. The molecule has 1 aliphatic rings. The number of ether oxygens (including phenoxy) is 1. The van der Waals surface area contributed by atoms with E-state index in [-0.39, 0.29) is 5.91 Å². The van der Waals surface area contributed by atoms with Gasteiger partial charge in [-0.1, -0.05) is 15.9 Å². The molecular weight excluding hydrogens is 360 g/mol. The van der Waals surface area contributed by atoms with Gasteiger partial charge in [-0.05, 0) is 64.3 Å². The Labute approximate surface area is 145 Å². The van der Waals surface area contributed by atoms with Crippen LogP contribution in [0.2, 0.25) is 0 Å². The van der Waals surface area contributed by atoms with Crippen LogP contribution in [0.5, 0.6) is 0 Å². The topological polar surface area (TPSA) is 58.6 Å². The largest absolute Gasteiger partial charge is 0.444 e. The maximum atomic E-state index is 12.6. The smallest absolute Gasteiger partial charge is 0.410 e. The SMILES string of the molecule is Cc1cc(Br)ccc1NC(=O)[C@@H]1CCCN1C(=O)OC(C)(C)C. The molecule has 2 rings (SSSR count). The van der Waals surface area contributed by atoms with Crippen molar-refractivity contribution in [2.24, 2.45) is 0 Å². The number of rotatable bonds is 2. The maximum Gasteiger partial charge on any atom is 0.410 e. The van der Waals surface area contributed by atoms with Crippen molar-refractivity contribution < 1.29 is 14.3 Å². The van der Waals surface area contributed by atoms with E-state index in [0.717, 1.165) is 22.1 Å². The second-order valence-electron chi connectivity index (χ2n) is 6.78. The van der Waals surface area contributed by atoms with E-state index in [1.165, 1.54) is 4.90 Å². The number of benzene rings is 1. The number of carbonyl (C=O) groups excluding carboxylic acids is 2. The molecule has 0 aliphatic carbocycles. The van der Waals surface area contributed by atoms with E-state index < -0.39 is 17.7 Å². The molecule has 23 heavy (non-hydrogen) atoms. The minimum atomic E-state index is -0.566. The Kier molecular flexibility index (Phi) is 5.34. The van der Waals surface area contributed by atoms with Crippen LogP contribution in [-0.2, 0) is 9.53 Å². The van der Waals surface area contributed by atoms with Gasteiger partial charge in [-0.15, -0.1) is 0 Å². The predicted octanol–water partition coefficient (Wildman–Crippen LogP) is 4.10. The molecule has 5 nitrogen and oxygen atoms in total. The van der Waals surface area contributed by atoms with E-state index in [4.69, 9.17) is 4.74 Å². The Morgan fingerprint density at radius 2 is 2.04 bits per heavy atom. The molecule has 126 valence electrons. The van der Waals surface area contributed by atoms with Crippen molar-refractivity contribution in [1.29, 1.82) is 0 Å². The van der Waals surface area contributed by atoms with E-state index in [0.29, 0.717) is 13.0 Å². The lowest BCUT2D eigenvalue weighted by molar-refractivity contribution is -0.120. The van der Waals surface area contributed by atoms with Crippen molar-refractivity contribution in [1.82, 2.24) is 4.90 Å². The van der Waals surface area contributed by atoms with Gasteiger partial charge in [0.25, 0.3) is 0 Å². The van der Waals surface area contributed by atoms with Crippen LogP contribution in [0.1, 0.15) is 39.2 Å². The molecule has 0 spiro atoms. The molecule has 0 aromatic heterocycles. The van der Waals surface area contributed by atoms with Gasteiger partial charge in [0, 0.05) is 16.7 Å². The van der Waals surface area contributed by atoms with Gasteiger partial charge in [0.2, 0.25) is 5.91 Å². The molecule has 1 saturated heterocycles. The van der Waals surface area contributed by atoms with Gasteiger partial charge in [0.15, 0.2) is 0 Å². The van der Waals surface area contributed by atoms with Crippen molar-refractivity contribution in [3.63, 3.8) is 0 Å². The van der Waals surface area contributed by atoms with Gasteiger partial charge in [-0.25, -0.2) is 4.79 Å². The summed E-state index contributed by atoms with van der Waals surface area (Å²) in [6.45, 7) is 7.94. The van der Waals surface area contributed by atoms with Gasteiger partial charge >= 0.3 is 6.09 Å². The van der Waals surface area contributed by atoms with Crippen LogP contribution in [0.25, 0.3) is 0 Å². The van der Waals surface area contributed by atoms with Crippen LogP contribution in [0.3, 0.4) is 0 Å². The summed E-state index contributed by atoms with van der Waals surface area (Å²) in [6, 6.07) is 5.19. The molecule has 0 saturated carbocycles. The van der Waals surface area contributed by atoms with E-state index >= 15 is 0 Å². The van der Waals surface area contributed by atoms with Crippen molar-refractivity contribution in [2.45, 2.75) is 52.2 Å². The van der Waals surface area contributed by atoms with Crippen molar-refractivity contribution in [3.8, 4) is 0 Å². The summed E-state index contributed by atoms with van der Waals surface area (Å²) in [5, 5.41) is 2.92. The summed E-state index contributed by atoms with van der Waals surface area (Å²) < 4.78 is 6.35. The Hall–Kier alpha value is -1.56. The fourth-order valence-corrected chi connectivity index (χ4v) is 3.04. The molecule has 0 unspecified atom stereocenters. The molecule has 0 radical (unpaired) electrons. The van der Waals surface area contributed by atoms with E-state index in [1.54, 1.807) is 0 Å². The molecule has 1 N–H and O–H groups in total. The van der Waals surface area contributed by atoms with Crippen molar-refractivity contribution >= 4 is 33.6 Å². The van der Waals surface area contributed by atoms with Gasteiger partial charge in [0.05, 0.1) is 0 Å². The van der Waals surface area contributed by atoms with E-state index in [1.807, 2.05) is 45.9 Å². The number of hydrogen-bond donors (Lipinski definition) is 1. The average molecular weight is 383 g/mol. The Morgan fingerprint density at radius 1 is 1.35 bits per heavy atom. The summed E-state index contributed by atoms with van der Waals surface area (Å²) >= 11 is 3.40. The third-order valence-electron chi connectivity index (χ3n) is 3.63. The third kappa shape index (κ3) is 4.70. The van der Waals surface area contributed by atoms with Gasteiger partial charge in [0.1, 0.15) is 11.6 Å². The standard InChI is InChI=1S/C17H23BrN2O3/c1-11-10-12(18)7-8-13(11)19-15(21)14-6-5-9-20(14)16(22)23-17(2,3)4/h7-8,10,14H,5-6,9H2,1-4H3,(H,19,21)/t14-/m0/s1. The Morgan fingerprint density at radius 3 is 2.65 bits per heavy atom. The maximum absolute atomic E-state index is 12.6. The predicted molar refractivity (Wildman–Crippen MR) is 93.5 cm³/mol. The first-order valence-corrected chi connectivity index (χ1v) is 8.53. The highest BCUT2D eigenvalue weighted by Gasteiger charge is 2.36. The van der Waals surface area contributed by atoms with Crippen LogP contribution >= 0.6 is 15.9 Å². The zero-order valence-corrected chi connectivity index (χ0v) is 15.6. The highest BCUT2D eigenvalue weighted by Crippen LogP contribution is 2.24. The lowest BCUT2D eigenvalue weighted by atomic mass is 10.1. The number of amides is 2. The summed E-state index contributed by atoms with van der Waals surface area (Å²) in [4.78, 5) is 26.3. The average Bonchev–Trinajstić information content (AvgIpc) is 2.89. The molecule has 0 bridgehead atoms. The number of carbonyl (C=O) groups is 2. The molecule has 2 amide bonds. The first kappa shape index (κ1) is 17.8. The summed E-state index contributed by atoms with van der Waals surface area (Å²) in [5.41, 5.74) is 1.16. The lowest BCUT2D eigenvalue weighted by Gasteiger charge is -2.28. The number of aryl methyl sites for hydroxylation is 1. The quantitative estimate of drug-likeness (QED) is 0.837. The van der Waals surface area contributed by atoms with Crippen LogP contribution < -0.4 is 5.32 Å². The minimum absolute atomic E-state index is 0.168. The number of nitrogens with one attached hydrogen (secondary N) is 1. The first-order valence-electron chi connectivity index (χ1n) is 7.74. The number of hydrogen-bond acceptors (Lipinski definition) is 3. The lowest BCUT2D eigenvalue weighted by Crippen LogP contribution is -2.45. The second kappa shape index (κ2) is 6.91. The van der Waals surface area contributed by atoms with Crippen LogP contribution in [-0.4, -0.2) is 35.1 Å². The molecule has 1 aromatic rings. The molecule has 6 heteroatoms. The number of anilines is 1. The molecule has 1 heterocycles. The van der Waals surface area contributed by atoms with Gasteiger partial charge in [-0.3, -0.25) is 9.69 Å². The minimum Gasteiger partial charge on any atom is -0.444 e. The van der Waals surface area contributed by atoms with Crippen molar-refractivity contribution in [2.75, 3.05) is 11.9 Å². The number of nitrogens with zero attached hydrogens (tertiary/aromatic N) is 1. The summed E-state index contributed by atoms with van der Waals surface area (Å²) in [6.07, 6.45) is 1.03. The summed E-state index contributed by atoms with van der Waals surface area (Å²) in [5.74, 6) is -0.168. The molecular formula is C17H23BrN2O3. The number of likely N-dealkylation sites (tertiary alicyclic amines) is 1. The Balaban J connectivity index is 2.07. The fourth-order valence-electron chi connectivity index (χ4n) is 2.56. The Bertz CT molecular complexity index is 610. The fraction of sp³-hybridized carbons (Fsp3) is 0.529. The van der Waals surface area contributed by atoms with Crippen molar-refractivity contribution in [3.05, 3.63) is 28.2 Å². The van der Waals surface area contributed by atoms with Crippen LogP contribution in [0, 0.1) is 6.92 Å². The van der Waals surface area contributed by atoms with Crippen LogP contribution in [0.4, 0.5) is 10.5 Å². The first-order chi connectivity index (χ1) is 10.7. The number of halogens is 1. The summed E-state index contributed by atoms with van der Waals surface area (Å²) in [7, 11) is 0. The zero-order chi connectivity index (χ0) is 17.2. The third-order valence-corrected chi connectivity index (χ3v) is 4.12. The monoisotopic (exact) mass is 382 g/mol. The van der Waals surface area contributed by atoms with E-state index in [9.17, 15) is 9.59 Å². The second-order valence-corrected chi connectivity index (χ2v) is 7.70. The molecule has 1 aromatic carbocycles. The van der Waals surface area contributed by atoms with Gasteiger partial charge in [-0.2, -0.15) is 0 Å². The van der Waals surface area contributed by atoms with E-state index in [2.05, 4.69) is 21.2 Å². The zero-order valence-electron chi connectivity index (χ0n) is 14.0. The van der Waals surface area contributed by atoms with Crippen LogP contribution in [0.15, 0.2) is 22.7 Å². The normalized spacial score (nSPS) is 18.0. The van der Waals surface area contributed by atoms with Gasteiger partial charge < -0.3 is 10.1 Å². The molecule has 1 atom stereocenters. The molecule has 1 fully saturated rings.